The van der Waals surface area contributed by atoms with E-state index in [-0.39, 0.29) is 19.6 Å². The highest BCUT2D eigenvalue weighted by atomic mass is 127. The van der Waals surface area contributed by atoms with Crippen LogP contribution in [0.3, 0.4) is 0 Å². The number of likely N-dealkylation sites (tertiary alicyclic amines) is 1. The maximum atomic E-state index is 12.7. The second kappa shape index (κ2) is 7.37. The largest absolute Gasteiger partial charge is 0.484 e. The summed E-state index contributed by atoms with van der Waals surface area (Å²) in [6.07, 6.45) is -3.80. The first kappa shape index (κ1) is 17.8. The monoisotopic (exact) mass is 491 g/mol. The molecule has 0 spiro atoms. The second-order valence-corrected chi connectivity index (χ2v) is 7.28. The molecule has 122 valence electrons. The maximum absolute atomic E-state index is 12.7. The van der Waals surface area contributed by atoms with E-state index in [0.29, 0.717) is 18.7 Å². The number of ether oxygens (including phenoxy) is 1. The van der Waals surface area contributed by atoms with Crippen LogP contribution in [0.1, 0.15) is 12.8 Å². The van der Waals surface area contributed by atoms with Gasteiger partial charge in [0, 0.05) is 21.1 Å². The van der Waals surface area contributed by atoms with Gasteiger partial charge in [0.2, 0.25) is 0 Å². The lowest BCUT2D eigenvalue weighted by Crippen LogP contribution is -2.46. The summed E-state index contributed by atoms with van der Waals surface area (Å²) < 4.78 is 45.4. The Morgan fingerprint density at radius 2 is 2.14 bits per heavy atom. The van der Waals surface area contributed by atoms with Gasteiger partial charge < -0.3 is 9.64 Å². The molecule has 1 unspecified atom stereocenters. The molecule has 0 bridgehead atoms. The van der Waals surface area contributed by atoms with Gasteiger partial charge in [0.25, 0.3) is 5.91 Å². The van der Waals surface area contributed by atoms with Crippen LogP contribution >= 0.6 is 38.5 Å². The lowest BCUT2D eigenvalue weighted by Gasteiger charge is -2.33. The first-order valence-electron chi connectivity index (χ1n) is 6.69. The van der Waals surface area contributed by atoms with Crippen molar-refractivity contribution in [2.24, 2.45) is 5.92 Å². The van der Waals surface area contributed by atoms with E-state index >= 15 is 0 Å². The average molecular weight is 492 g/mol. The van der Waals surface area contributed by atoms with Gasteiger partial charge in [-0.15, -0.1) is 0 Å². The van der Waals surface area contributed by atoms with Crippen molar-refractivity contribution < 1.29 is 22.7 Å². The first-order valence-corrected chi connectivity index (χ1v) is 8.56. The molecule has 1 atom stereocenters. The molecule has 1 aliphatic rings. The van der Waals surface area contributed by atoms with Gasteiger partial charge in [-0.3, -0.25) is 4.79 Å². The molecule has 1 fully saturated rings. The van der Waals surface area contributed by atoms with Crippen molar-refractivity contribution in [1.29, 1.82) is 0 Å². The molecule has 0 aromatic heterocycles. The van der Waals surface area contributed by atoms with E-state index in [9.17, 15) is 18.0 Å². The summed E-state index contributed by atoms with van der Waals surface area (Å²) >= 11 is 5.43. The Morgan fingerprint density at radius 1 is 1.41 bits per heavy atom. The van der Waals surface area contributed by atoms with E-state index in [1.54, 1.807) is 12.1 Å². The van der Waals surface area contributed by atoms with Crippen molar-refractivity contribution in [2.75, 3.05) is 19.7 Å². The van der Waals surface area contributed by atoms with Crippen molar-refractivity contribution in [3.63, 3.8) is 0 Å². The topological polar surface area (TPSA) is 29.5 Å². The van der Waals surface area contributed by atoms with Crippen LogP contribution in [0.4, 0.5) is 13.2 Å². The van der Waals surface area contributed by atoms with Crippen molar-refractivity contribution >= 4 is 44.4 Å². The zero-order chi connectivity index (χ0) is 16.3. The van der Waals surface area contributed by atoms with Gasteiger partial charge in [-0.1, -0.05) is 15.9 Å². The summed E-state index contributed by atoms with van der Waals surface area (Å²) in [6.45, 7) is -0.177. The molecule has 22 heavy (non-hydrogen) atoms. The molecule has 8 heteroatoms. The molecule has 1 aromatic carbocycles. The number of carbonyl (C=O) groups is 1. The molecule has 0 saturated carbocycles. The number of hydrogen-bond donors (Lipinski definition) is 0. The average Bonchev–Trinajstić information content (AvgIpc) is 2.43. The third kappa shape index (κ3) is 5.00. The fraction of sp³-hybridized carbons (Fsp3) is 0.500. The van der Waals surface area contributed by atoms with Gasteiger partial charge in [0.15, 0.2) is 6.61 Å². The number of rotatable bonds is 3. The Balaban J connectivity index is 1.91. The standard InChI is InChI=1S/C14H14BrF3INO2/c15-10-4-11(19)6-12(5-10)22-8-13(21)20-3-1-2-9(7-20)14(16,17)18/h4-6,9H,1-3,7-8H2. The van der Waals surface area contributed by atoms with Crippen LogP contribution in [0.25, 0.3) is 0 Å². The van der Waals surface area contributed by atoms with E-state index in [0.717, 1.165) is 8.04 Å². The van der Waals surface area contributed by atoms with Gasteiger partial charge in [-0.25, -0.2) is 0 Å². The summed E-state index contributed by atoms with van der Waals surface area (Å²) in [6, 6.07) is 5.35. The third-order valence-electron chi connectivity index (χ3n) is 3.44. The smallest absolute Gasteiger partial charge is 0.393 e. The van der Waals surface area contributed by atoms with Crippen LogP contribution in [-0.4, -0.2) is 36.7 Å². The Hall–Kier alpha value is -0.510. The summed E-state index contributed by atoms with van der Waals surface area (Å²) in [5, 5.41) is 0. The van der Waals surface area contributed by atoms with Crippen LogP contribution < -0.4 is 4.74 Å². The van der Waals surface area contributed by atoms with Crippen LogP contribution in [0, 0.1) is 9.49 Å². The minimum atomic E-state index is -4.25. The number of alkyl halides is 3. The number of nitrogens with zero attached hydrogens (tertiary/aromatic N) is 1. The van der Waals surface area contributed by atoms with Crippen LogP contribution in [0.5, 0.6) is 5.75 Å². The number of hydrogen-bond acceptors (Lipinski definition) is 2. The first-order chi connectivity index (χ1) is 10.3. The van der Waals surface area contributed by atoms with Crippen molar-refractivity contribution in [1.82, 2.24) is 4.90 Å². The highest BCUT2D eigenvalue weighted by Crippen LogP contribution is 2.33. The number of benzene rings is 1. The second-order valence-electron chi connectivity index (χ2n) is 5.11. The quantitative estimate of drug-likeness (QED) is 0.592. The lowest BCUT2D eigenvalue weighted by molar-refractivity contribution is -0.188. The van der Waals surface area contributed by atoms with Crippen molar-refractivity contribution in [2.45, 2.75) is 19.0 Å². The van der Waals surface area contributed by atoms with Gasteiger partial charge in [-0.2, -0.15) is 13.2 Å². The Morgan fingerprint density at radius 3 is 2.77 bits per heavy atom. The molecule has 2 rings (SSSR count). The van der Waals surface area contributed by atoms with E-state index in [1.165, 1.54) is 4.90 Å². The Kier molecular flexibility index (Phi) is 5.98. The number of piperidine rings is 1. The van der Waals surface area contributed by atoms with E-state index < -0.39 is 18.0 Å². The highest BCUT2D eigenvalue weighted by molar-refractivity contribution is 14.1. The maximum Gasteiger partial charge on any atom is 0.393 e. The van der Waals surface area contributed by atoms with Crippen LogP contribution in [0.2, 0.25) is 0 Å². The van der Waals surface area contributed by atoms with Gasteiger partial charge in [-0.05, 0) is 53.6 Å². The Labute approximate surface area is 148 Å². The molecule has 1 aliphatic heterocycles. The molecule has 1 saturated heterocycles. The zero-order valence-electron chi connectivity index (χ0n) is 11.5. The molecule has 3 nitrogen and oxygen atoms in total. The molecule has 0 radical (unpaired) electrons. The summed E-state index contributed by atoms with van der Waals surface area (Å²) in [5.74, 6) is -1.34. The number of carbonyl (C=O) groups excluding carboxylic acids is 1. The van der Waals surface area contributed by atoms with Crippen molar-refractivity contribution in [3.8, 4) is 5.75 Å². The van der Waals surface area contributed by atoms with Crippen molar-refractivity contribution in [3.05, 3.63) is 26.2 Å². The SMILES string of the molecule is O=C(COc1cc(Br)cc(I)c1)N1CCCC(C(F)(F)F)C1. The number of amides is 1. The number of halogens is 5. The molecular formula is C14H14BrF3INO2. The predicted octanol–water partition coefficient (Wildman–Crippen LogP) is 4.23. The molecule has 1 amide bonds. The van der Waals surface area contributed by atoms with Crippen LogP contribution in [-0.2, 0) is 4.79 Å². The predicted molar refractivity (Wildman–Crippen MR) is 87.7 cm³/mol. The van der Waals surface area contributed by atoms with Gasteiger partial charge in [0.05, 0.1) is 5.92 Å². The molecule has 0 aliphatic carbocycles. The molecule has 1 aromatic rings. The van der Waals surface area contributed by atoms with Crippen LogP contribution in [0.15, 0.2) is 22.7 Å². The summed E-state index contributed by atoms with van der Waals surface area (Å²) in [7, 11) is 0. The summed E-state index contributed by atoms with van der Waals surface area (Å²) in [5.41, 5.74) is 0. The summed E-state index contributed by atoms with van der Waals surface area (Å²) in [4.78, 5) is 13.3. The molecule has 1 heterocycles. The van der Waals surface area contributed by atoms with E-state index in [2.05, 4.69) is 38.5 Å². The van der Waals surface area contributed by atoms with Gasteiger partial charge >= 0.3 is 6.18 Å². The van der Waals surface area contributed by atoms with E-state index in [4.69, 9.17) is 4.74 Å². The molecule has 0 N–H and O–H groups in total. The zero-order valence-corrected chi connectivity index (χ0v) is 15.2. The minimum Gasteiger partial charge on any atom is -0.484 e. The fourth-order valence-corrected chi connectivity index (χ4v) is 3.86. The highest BCUT2D eigenvalue weighted by Gasteiger charge is 2.42. The van der Waals surface area contributed by atoms with Gasteiger partial charge in [0.1, 0.15) is 5.75 Å². The van der Waals surface area contributed by atoms with E-state index in [1.807, 2.05) is 6.07 Å². The Bertz CT molecular complexity index is 533. The normalized spacial score (nSPS) is 19.1. The third-order valence-corrected chi connectivity index (χ3v) is 4.52. The fourth-order valence-electron chi connectivity index (χ4n) is 2.32. The minimum absolute atomic E-state index is 0.0813. The molecular weight excluding hydrogens is 478 g/mol. The lowest BCUT2D eigenvalue weighted by atomic mass is 9.97.